The Bertz CT molecular complexity index is 1690. The Balaban J connectivity index is 1.34. The molecule has 1 saturated heterocycles. The number of anilines is 1. The first-order chi connectivity index (χ1) is 19.8. The van der Waals surface area contributed by atoms with E-state index in [4.69, 9.17) is 20.4 Å². The van der Waals surface area contributed by atoms with Crippen molar-refractivity contribution in [1.82, 2.24) is 24.4 Å². The number of esters is 1. The van der Waals surface area contributed by atoms with Gasteiger partial charge < -0.3 is 10.5 Å². The number of fused-ring (bicyclic) bond motifs is 1. The quantitative estimate of drug-likeness (QED) is 0.259. The number of pyridine rings is 2. The van der Waals surface area contributed by atoms with Crippen LogP contribution in [-0.2, 0) is 16.1 Å². The van der Waals surface area contributed by atoms with E-state index in [1.165, 1.54) is 12.7 Å². The van der Waals surface area contributed by atoms with Crippen molar-refractivity contribution in [2.24, 2.45) is 11.3 Å². The zero-order chi connectivity index (χ0) is 28.6. The van der Waals surface area contributed by atoms with Crippen LogP contribution in [0.15, 0.2) is 85.1 Å². The lowest BCUT2D eigenvalue weighted by Crippen LogP contribution is -2.35. The fourth-order valence-corrected chi connectivity index (χ4v) is 5.76. The van der Waals surface area contributed by atoms with Crippen LogP contribution in [0.1, 0.15) is 25.8 Å². The zero-order valence-electron chi connectivity index (χ0n) is 23.6. The van der Waals surface area contributed by atoms with Crippen LogP contribution < -0.4 is 5.73 Å². The Morgan fingerprint density at radius 3 is 2.51 bits per heavy atom. The number of carbonyl (C=O) groups is 1. The Morgan fingerprint density at radius 2 is 1.78 bits per heavy atom. The van der Waals surface area contributed by atoms with Gasteiger partial charge in [-0.05, 0) is 74.7 Å². The molecule has 1 aliphatic heterocycles. The molecule has 6 rings (SSSR count). The number of nitrogens with two attached hydrogens (primary N) is 1. The number of nitrogens with zero attached hydrogens (tertiary/aromatic N) is 5. The second-order valence-electron chi connectivity index (χ2n) is 11.2. The number of benzene rings is 2. The topological polar surface area (TPSA) is 99.2 Å². The van der Waals surface area contributed by atoms with Gasteiger partial charge in [-0.15, -0.1) is 0 Å². The first-order valence-corrected chi connectivity index (χ1v) is 13.9. The summed E-state index contributed by atoms with van der Waals surface area (Å²) in [5.41, 5.74) is 12.2. The number of methoxy groups -OCH3 is 1. The Hall–Kier alpha value is -4.56. The van der Waals surface area contributed by atoms with Crippen molar-refractivity contribution in [3.05, 3.63) is 90.6 Å². The molecule has 1 unspecified atom stereocenters. The normalized spacial score (nSPS) is 15.8. The highest BCUT2D eigenvalue weighted by Crippen LogP contribution is 2.36. The number of ether oxygens (including phenoxy) is 1. The van der Waals surface area contributed by atoms with Gasteiger partial charge in [0.25, 0.3) is 0 Å². The maximum atomic E-state index is 12.3. The number of likely N-dealkylation sites (tertiary alicyclic amines) is 1. The molecule has 1 aliphatic rings. The van der Waals surface area contributed by atoms with Crippen LogP contribution in [0, 0.1) is 11.3 Å². The number of hydrogen-bond donors (Lipinski definition) is 1. The van der Waals surface area contributed by atoms with Gasteiger partial charge in [-0.1, -0.05) is 42.5 Å². The van der Waals surface area contributed by atoms with Gasteiger partial charge in [0.15, 0.2) is 11.5 Å². The van der Waals surface area contributed by atoms with Crippen molar-refractivity contribution in [3.63, 3.8) is 0 Å². The van der Waals surface area contributed by atoms with Crippen LogP contribution in [0.3, 0.4) is 0 Å². The third kappa shape index (κ3) is 5.07. The van der Waals surface area contributed by atoms with Gasteiger partial charge in [0.2, 0.25) is 0 Å². The summed E-state index contributed by atoms with van der Waals surface area (Å²) in [5, 5.41) is 0. The van der Waals surface area contributed by atoms with Crippen LogP contribution in [0.2, 0.25) is 0 Å². The number of rotatable bonds is 7. The molecule has 0 aliphatic carbocycles. The predicted molar refractivity (Wildman–Crippen MR) is 161 cm³/mol. The largest absolute Gasteiger partial charge is 0.469 e. The minimum Gasteiger partial charge on any atom is -0.469 e. The van der Waals surface area contributed by atoms with Crippen LogP contribution in [-0.4, -0.2) is 50.6 Å². The second-order valence-corrected chi connectivity index (χ2v) is 11.2. The molecule has 0 bridgehead atoms. The number of aromatic nitrogens is 4. The van der Waals surface area contributed by atoms with Crippen molar-refractivity contribution in [3.8, 4) is 28.3 Å². The molecular weight excluding hydrogens is 512 g/mol. The SMILES string of the molecule is COC(=O)C(C)(C)C1CCN(Cc2ccc(-n3c(-c4cccnc4N)nc4ccc(-c5ccccc5)nc43)cc2)C1. The van der Waals surface area contributed by atoms with E-state index in [0.29, 0.717) is 11.6 Å². The van der Waals surface area contributed by atoms with Gasteiger partial charge >= 0.3 is 5.97 Å². The van der Waals surface area contributed by atoms with Gasteiger partial charge in [-0.2, -0.15) is 0 Å². The van der Waals surface area contributed by atoms with E-state index in [1.54, 1.807) is 6.20 Å². The lowest BCUT2D eigenvalue weighted by molar-refractivity contribution is -0.153. The number of nitrogen functional groups attached to an aromatic ring is 1. The van der Waals surface area contributed by atoms with Gasteiger partial charge in [-0.3, -0.25) is 14.3 Å². The van der Waals surface area contributed by atoms with Crippen molar-refractivity contribution >= 4 is 23.0 Å². The first-order valence-electron chi connectivity index (χ1n) is 13.9. The molecule has 0 amide bonds. The fraction of sp³-hybridized carbons (Fsp3) is 0.273. The molecule has 4 heterocycles. The van der Waals surface area contributed by atoms with Gasteiger partial charge in [0, 0.05) is 30.5 Å². The summed E-state index contributed by atoms with van der Waals surface area (Å²) in [4.78, 5) is 29.0. The molecule has 8 nitrogen and oxygen atoms in total. The van der Waals surface area contributed by atoms with E-state index in [0.717, 1.165) is 59.7 Å². The highest BCUT2D eigenvalue weighted by Gasteiger charge is 2.41. The van der Waals surface area contributed by atoms with Crippen molar-refractivity contribution < 1.29 is 9.53 Å². The monoisotopic (exact) mass is 546 g/mol. The smallest absolute Gasteiger partial charge is 0.311 e. The van der Waals surface area contributed by atoms with Crippen LogP contribution in [0.25, 0.3) is 39.5 Å². The molecule has 8 heteroatoms. The lowest BCUT2D eigenvalue weighted by Gasteiger charge is -2.28. The first kappa shape index (κ1) is 26.7. The minimum atomic E-state index is -0.494. The molecule has 41 heavy (non-hydrogen) atoms. The van der Waals surface area contributed by atoms with Crippen LogP contribution >= 0.6 is 0 Å². The molecule has 208 valence electrons. The minimum absolute atomic E-state index is 0.143. The number of imidazole rings is 1. The Labute approximate surface area is 239 Å². The summed E-state index contributed by atoms with van der Waals surface area (Å²) in [6.07, 6.45) is 2.66. The number of carbonyl (C=O) groups excluding carboxylic acids is 1. The standard InChI is InChI=1S/C33H34N6O2/c1-33(2,32(40)41-3)24-17-19-38(21-24)20-22-11-13-25(14-12-22)39-30(26-10-7-18-35-29(26)34)37-28-16-15-27(36-31(28)39)23-8-5-4-6-9-23/h4-16,18,24H,17,19-21H2,1-3H3,(H2,34,35). The van der Waals surface area contributed by atoms with Crippen molar-refractivity contribution in [2.75, 3.05) is 25.9 Å². The molecule has 5 aromatic rings. The average Bonchev–Trinajstić information content (AvgIpc) is 3.63. The summed E-state index contributed by atoms with van der Waals surface area (Å²) >= 11 is 0. The Kier molecular flexibility index (Phi) is 7.01. The molecule has 1 atom stereocenters. The van der Waals surface area contributed by atoms with Crippen molar-refractivity contribution in [2.45, 2.75) is 26.8 Å². The third-order valence-corrected chi connectivity index (χ3v) is 8.26. The van der Waals surface area contributed by atoms with Crippen molar-refractivity contribution in [1.29, 1.82) is 0 Å². The molecule has 3 aromatic heterocycles. The third-order valence-electron chi connectivity index (χ3n) is 8.26. The van der Waals surface area contributed by atoms with Gasteiger partial charge in [-0.25, -0.2) is 15.0 Å². The zero-order valence-corrected chi connectivity index (χ0v) is 23.6. The molecule has 1 fully saturated rings. The van der Waals surface area contributed by atoms with Gasteiger partial charge in [0.05, 0.1) is 23.8 Å². The summed E-state index contributed by atoms with van der Waals surface area (Å²) in [7, 11) is 1.47. The second kappa shape index (κ2) is 10.8. The summed E-state index contributed by atoms with van der Waals surface area (Å²) in [5.74, 6) is 1.24. The van der Waals surface area contributed by atoms with E-state index in [9.17, 15) is 4.79 Å². The lowest BCUT2D eigenvalue weighted by atomic mass is 9.78. The molecule has 2 N–H and O–H groups in total. The molecule has 0 spiro atoms. The predicted octanol–water partition coefficient (Wildman–Crippen LogP) is 5.75. The molecule has 0 radical (unpaired) electrons. The molecular formula is C33H34N6O2. The number of hydrogen-bond acceptors (Lipinski definition) is 7. The molecule has 0 saturated carbocycles. The van der Waals surface area contributed by atoms with Crippen LogP contribution in [0.5, 0.6) is 0 Å². The van der Waals surface area contributed by atoms with E-state index in [-0.39, 0.29) is 11.9 Å². The molecule has 2 aromatic carbocycles. The highest BCUT2D eigenvalue weighted by atomic mass is 16.5. The summed E-state index contributed by atoms with van der Waals surface area (Å²) in [6.45, 7) is 6.61. The van der Waals surface area contributed by atoms with Crippen LogP contribution in [0.4, 0.5) is 5.82 Å². The van der Waals surface area contributed by atoms with E-state index < -0.39 is 5.41 Å². The maximum Gasteiger partial charge on any atom is 0.311 e. The maximum absolute atomic E-state index is 12.3. The highest BCUT2D eigenvalue weighted by molar-refractivity contribution is 5.84. The summed E-state index contributed by atoms with van der Waals surface area (Å²) < 4.78 is 7.12. The van der Waals surface area contributed by atoms with E-state index >= 15 is 0 Å². The van der Waals surface area contributed by atoms with E-state index in [1.807, 2.05) is 56.3 Å². The fourth-order valence-electron chi connectivity index (χ4n) is 5.76. The van der Waals surface area contributed by atoms with Gasteiger partial charge in [0.1, 0.15) is 11.3 Å². The average molecular weight is 547 g/mol. The Morgan fingerprint density at radius 1 is 1.00 bits per heavy atom. The summed E-state index contributed by atoms with van der Waals surface area (Å²) in [6, 6.07) is 26.5. The van der Waals surface area contributed by atoms with E-state index in [2.05, 4.69) is 50.8 Å².